The minimum absolute atomic E-state index is 0.0771. The van der Waals surface area contributed by atoms with E-state index in [1.165, 1.54) is 0 Å². The van der Waals surface area contributed by atoms with Gasteiger partial charge in [-0.1, -0.05) is 36.4 Å². The van der Waals surface area contributed by atoms with Gasteiger partial charge in [0.05, 0.1) is 18.5 Å². The molecule has 1 N–H and O–H groups in total. The van der Waals surface area contributed by atoms with E-state index in [0.717, 1.165) is 17.7 Å². The van der Waals surface area contributed by atoms with Crippen LogP contribution in [0.1, 0.15) is 28.4 Å². The summed E-state index contributed by atoms with van der Waals surface area (Å²) in [4.78, 5) is 27.3. The molecule has 2 atom stereocenters. The Bertz CT molecular complexity index is 812. The molecule has 1 fully saturated rings. The first-order valence-electron chi connectivity index (χ1n) is 8.70. The standard InChI is InChI=1S/C20H20N2O3S/c23-19(21-16-10-11-25-18-9-5-4-8-15(16)18)17-12-26-13-22(17)20(24)14-6-2-1-3-7-14/h1-9,16-17H,10-13H2,(H,21,23)/t16-,17-/m0/s1. The normalized spacial score (nSPS) is 21.6. The fraction of sp³-hybridized carbons (Fsp3) is 0.300. The fourth-order valence-electron chi connectivity index (χ4n) is 3.37. The summed E-state index contributed by atoms with van der Waals surface area (Å²) in [6, 6.07) is 16.4. The third-order valence-corrected chi connectivity index (χ3v) is 5.75. The van der Waals surface area contributed by atoms with Gasteiger partial charge in [-0.3, -0.25) is 9.59 Å². The summed E-state index contributed by atoms with van der Waals surface area (Å²) in [7, 11) is 0. The van der Waals surface area contributed by atoms with Gasteiger partial charge in [0.1, 0.15) is 11.8 Å². The van der Waals surface area contributed by atoms with Crippen molar-refractivity contribution in [2.75, 3.05) is 18.2 Å². The zero-order valence-electron chi connectivity index (χ0n) is 14.3. The Morgan fingerprint density at radius 2 is 1.85 bits per heavy atom. The smallest absolute Gasteiger partial charge is 0.255 e. The number of amides is 2. The summed E-state index contributed by atoms with van der Waals surface area (Å²) >= 11 is 1.61. The van der Waals surface area contributed by atoms with Crippen molar-refractivity contribution in [1.82, 2.24) is 10.2 Å². The van der Waals surface area contributed by atoms with Crippen molar-refractivity contribution in [2.45, 2.75) is 18.5 Å². The third kappa shape index (κ3) is 3.29. The number of fused-ring (bicyclic) bond motifs is 1. The average Bonchev–Trinajstić information content (AvgIpc) is 3.18. The van der Waals surface area contributed by atoms with E-state index in [2.05, 4.69) is 5.32 Å². The van der Waals surface area contributed by atoms with E-state index in [-0.39, 0.29) is 17.9 Å². The fourth-order valence-corrected chi connectivity index (χ4v) is 4.52. The van der Waals surface area contributed by atoms with Crippen LogP contribution in [0.5, 0.6) is 5.75 Å². The zero-order chi connectivity index (χ0) is 17.9. The summed E-state index contributed by atoms with van der Waals surface area (Å²) in [6.07, 6.45) is 0.731. The van der Waals surface area contributed by atoms with E-state index < -0.39 is 6.04 Å². The maximum absolute atomic E-state index is 12.9. The van der Waals surface area contributed by atoms with Crippen molar-refractivity contribution in [2.24, 2.45) is 0 Å². The second kappa shape index (κ2) is 7.41. The average molecular weight is 368 g/mol. The summed E-state index contributed by atoms with van der Waals surface area (Å²) in [5, 5.41) is 3.13. The molecule has 26 heavy (non-hydrogen) atoms. The van der Waals surface area contributed by atoms with Crippen LogP contribution >= 0.6 is 11.8 Å². The van der Waals surface area contributed by atoms with Crippen molar-refractivity contribution < 1.29 is 14.3 Å². The van der Waals surface area contributed by atoms with Crippen LogP contribution in [0.3, 0.4) is 0 Å². The molecule has 2 aromatic carbocycles. The maximum Gasteiger partial charge on any atom is 0.255 e. The third-order valence-electron chi connectivity index (χ3n) is 4.74. The van der Waals surface area contributed by atoms with Gasteiger partial charge < -0.3 is 15.0 Å². The molecule has 2 heterocycles. The highest BCUT2D eigenvalue weighted by Gasteiger charge is 2.36. The lowest BCUT2D eigenvalue weighted by atomic mass is 10.00. The van der Waals surface area contributed by atoms with Crippen LogP contribution in [0.15, 0.2) is 54.6 Å². The van der Waals surface area contributed by atoms with Gasteiger partial charge in [0.2, 0.25) is 5.91 Å². The van der Waals surface area contributed by atoms with E-state index in [4.69, 9.17) is 4.74 Å². The predicted molar refractivity (Wildman–Crippen MR) is 101 cm³/mol. The van der Waals surface area contributed by atoms with Gasteiger partial charge in [-0.2, -0.15) is 0 Å². The Morgan fingerprint density at radius 1 is 1.08 bits per heavy atom. The molecule has 2 amide bonds. The summed E-state index contributed by atoms with van der Waals surface area (Å²) < 4.78 is 5.66. The second-order valence-electron chi connectivity index (χ2n) is 6.39. The molecule has 1 saturated heterocycles. The monoisotopic (exact) mass is 368 g/mol. The largest absolute Gasteiger partial charge is 0.493 e. The van der Waals surface area contributed by atoms with Crippen LogP contribution in [0.25, 0.3) is 0 Å². The van der Waals surface area contributed by atoms with Crippen molar-refractivity contribution in [3.63, 3.8) is 0 Å². The molecular weight excluding hydrogens is 348 g/mol. The molecule has 0 aliphatic carbocycles. The highest BCUT2D eigenvalue weighted by molar-refractivity contribution is 7.99. The SMILES string of the molecule is O=C(N[C@H]1CCOc2ccccc21)[C@@H]1CSCN1C(=O)c1ccccc1. The second-order valence-corrected chi connectivity index (χ2v) is 7.39. The molecule has 6 heteroatoms. The van der Waals surface area contributed by atoms with E-state index >= 15 is 0 Å². The Hall–Kier alpha value is -2.47. The molecule has 0 unspecified atom stereocenters. The number of hydrogen-bond acceptors (Lipinski definition) is 4. The van der Waals surface area contributed by atoms with Gasteiger partial charge in [0, 0.05) is 23.3 Å². The van der Waals surface area contributed by atoms with Gasteiger partial charge in [-0.15, -0.1) is 11.8 Å². The summed E-state index contributed by atoms with van der Waals surface area (Å²) in [6.45, 7) is 0.577. The number of carbonyl (C=O) groups is 2. The lowest BCUT2D eigenvalue weighted by Crippen LogP contribution is -2.48. The number of hydrogen-bond donors (Lipinski definition) is 1. The number of nitrogens with one attached hydrogen (secondary N) is 1. The van der Waals surface area contributed by atoms with Crippen molar-refractivity contribution in [1.29, 1.82) is 0 Å². The minimum atomic E-state index is -0.442. The number of carbonyl (C=O) groups excluding carboxylic acids is 2. The first-order valence-corrected chi connectivity index (χ1v) is 9.85. The molecule has 2 aliphatic rings. The number of benzene rings is 2. The molecule has 5 nitrogen and oxygen atoms in total. The van der Waals surface area contributed by atoms with Crippen molar-refractivity contribution in [3.05, 3.63) is 65.7 Å². The van der Waals surface area contributed by atoms with Crippen LogP contribution in [-0.4, -0.2) is 41.0 Å². The molecular formula is C20H20N2O3S. The minimum Gasteiger partial charge on any atom is -0.493 e. The molecule has 0 spiro atoms. The first-order chi connectivity index (χ1) is 12.7. The van der Waals surface area contributed by atoms with Gasteiger partial charge in [0.25, 0.3) is 5.91 Å². The number of thioether (sulfide) groups is 1. The van der Waals surface area contributed by atoms with Crippen LogP contribution in [-0.2, 0) is 4.79 Å². The zero-order valence-corrected chi connectivity index (χ0v) is 15.1. The van der Waals surface area contributed by atoms with Gasteiger partial charge in [0.15, 0.2) is 0 Å². The highest BCUT2D eigenvalue weighted by Crippen LogP contribution is 2.32. The first kappa shape index (κ1) is 17.0. The predicted octanol–water partition coefficient (Wildman–Crippen LogP) is 2.84. The maximum atomic E-state index is 12.9. The molecule has 0 bridgehead atoms. The number of rotatable bonds is 3. The molecule has 0 saturated carbocycles. The molecule has 2 aliphatic heterocycles. The van der Waals surface area contributed by atoms with E-state index in [9.17, 15) is 9.59 Å². The Kier molecular flexibility index (Phi) is 4.84. The quantitative estimate of drug-likeness (QED) is 0.905. The van der Waals surface area contributed by atoms with Crippen LogP contribution in [0, 0.1) is 0 Å². The van der Waals surface area contributed by atoms with Crippen LogP contribution in [0.4, 0.5) is 0 Å². The van der Waals surface area contributed by atoms with Gasteiger partial charge in [-0.05, 0) is 18.2 Å². The highest BCUT2D eigenvalue weighted by atomic mass is 32.2. The molecule has 0 radical (unpaired) electrons. The van der Waals surface area contributed by atoms with Gasteiger partial charge in [-0.25, -0.2) is 0 Å². The number of para-hydroxylation sites is 1. The van der Waals surface area contributed by atoms with Crippen LogP contribution in [0.2, 0.25) is 0 Å². The van der Waals surface area contributed by atoms with E-state index in [1.54, 1.807) is 28.8 Å². The van der Waals surface area contributed by atoms with Gasteiger partial charge >= 0.3 is 0 Å². The number of nitrogens with zero attached hydrogens (tertiary/aromatic N) is 1. The summed E-state index contributed by atoms with van der Waals surface area (Å²) in [5.41, 5.74) is 1.61. The number of ether oxygens (including phenoxy) is 1. The molecule has 0 aromatic heterocycles. The summed E-state index contributed by atoms with van der Waals surface area (Å²) in [5.74, 6) is 1.79. The Balaban J connectivity index is 1.49. The molecule has 134 valence electrons. The Morgan fingerprint density at radius 3 is 2.69 bits per heavy atom. The topological polar surface area (TPSA) is 58.6 Å². The molecule has 2 aromatic rings. The van der Waals surface area contributed by atoms with E-state index in [1.807, 2.05) is 42.5 Å². The lowest BCUT2D eigenvalue weighted by Gasteiger charge is -2.29. The van der Waals surface area contributed by atoms with Crippen molar-refractivity contribution >= 4 is 23.6 Å². The van der Waals surface area contributed by atoms with Crippen molar-refractivity contribution in [3.8, 4) is 5.75 Å². The lowest BCUT2D eigenvalue weighted by molar-refractivity contribution is -0.125. The molecule has 4 rings (SSSR count). The van der Waals surface area contributed by atoms with Crippen LogP contribution < -0.4 is 10.1 Å². The Labute approximate surface area is 156 Å². The van der Waals surface area contributed by atoms with E-state index in [0.29, 0.717) is 23.8 Å².